The van der Waals surface area contributed by atoms with Crippen molar-refractivity contribution in [1.82, 2.24) is 10.2 Å². The largest absolute Gasteiger partial charge is 1.00 e. The quantitative estimate of drug-likeness (QED) is 0.223. The Kier molecular flexibility index (Phi) is 8.16. The van der Waals surface area contributed by atoms with Crippen LogP contribution in [0, 0.1) is 11.8 Å². The Morgan fingerprint density at radius 1 is 1.32 bits per heavy atom. The van der Waals surface area contributed by atoms with E-state index in [2.05, 4.69) is 10.6 Å². The van der Waals surface area contributed by atoms with Crippen LogP contribution in [-0.4, -0.2) is 68.8 Å². The molecule has 3 aliphatic rings. The van der Waals surface area contributed by atoms with E-state index in [1.807, 2.05) is 6.92 Å². The fourth-order valence-electron chi connectivity index (χ4n) is 4.80. The number of hydrogen-bond donors (Lipinski definition) is 4. The molecule has 2 fully saturated rings. The molecule has 0 unspecified atom stereocenters. The van der Waals surface area contributed by atoms with E-state index in [4.69, 9.17) is 5.11 Å². The van der Waals surface area contributed by atoms with Crippen molar-refractivity contribution < 1.29 is 64.1 Å². The zero-order valence-corrected chi connectivity index (χ0v) is 21.8. The van der Waals surface area contributed by atoms with Crippen molar-refractivity contribution in [2.45, 2.75) is 43.7 Å². The maximum atomic E-state index is 12.7. The minimum absolute atomic E-state index is 0. The minimum atomic E-state index is -1.43. The van der Waals surface area contributed by atoms with Crippen molar-refractivity contribution in [3.63, 3.8) is 0 Å². The number of carbonyl (C=O) groups excluding carboxylic acids is 3. The van der Waals surface area contributed by atoms with E-state index in [9.17, 15) is 29.4 Å². The number of nitrogens with one attached hydrogen (secondary N) is 2. The zero-order chi connectivity index (χ0) is 24.0. The first-order valence-electron chi connectivity index (χ1n) is 10.6. The van der Waals surface area contributed by atoms with Crippen molar-refractivity contribution in [3.05, 3.63) is 40.4 Å². The van der Waals surface area contributed by atoms with Crippen molar-refractivity contribution in [3.8, 4) is 0 Å². The standard InChI is InChI=1S/C22H25N3O7S.Na/c1-9-16-15(10(2)26)20(28)25(16)17(22(31)32)18(9)33-13-7-14(23-8-13)19(27)24-12-5-3-4-11(6-12)21(29)30;/h3-6,9-10,13-16,23,26H,7-8H2,1-2H3,(H,24,27)(H,29,30)(H,31,32);/q;+1/p-1/t9-,10-,13+,14+,15-,16-;/m1./s1. The number of anilines is 1. The number of thioether (sulfide) groups is 1. The van der Waals surface area contributed by atoms with Crippen LogP contribution >= 0.6 is 11.8 Å². The summed E-state index contributed by atoms with van der Waals surface area (Å²) in [4.78, 5) is 49.8. The Bertz CT molecular complexity index is 1060. The molecular weight excluding hydrogens is 473 g/mol. The number of nitrogens with zero attached hydrogens (tertiary/aromatic N) is 1. The third-order valence-electron chi connectivity index (χ3n) is 6.38. The normalized spacial score (nSPS) is 28.6. The van der Waals surface area contributed by atoms with Gasteiger partial charge in [0.05, 0.1) is 41.3 Å². The summed E-state index contributed by atoms with van der Waals surface area (Å²) in [6, 6.07) is 4.99. The summed E-state index contributed by atoms with van der Waals surface area (Å²) in [5.41, 5.74) is 0.293. The molecule has 4 N–H and O–H groups in total. The second-order valence-corrected chi connectivity index (χ2v) is 9.91. The summed E-state index contributed by atoms with van der Waals surface area (Å²) >= 11 is 1.32. The van der Waals surface area contributed by atoms with E-state index in [-0.39, 0.29) is 57.9 Å². The van der Waals surface area contributed by atoms with Crippen LogP contribution in [0.5, 0.6) is 0 Å². The van der Waals surface area contributed by atoms with Crippen LogP contribution in [0.15, 0.2) is 34.9 Å². The van der Waals surface area contributed by atoms with E-state index >= 15 is 0 Å². The smallest absolute Gasteiger partial charge is 0.543 e. The average molecular weight is 498 g/mol. The fraction of sp³-hybridized carbons (Fsp3) is 0.455. The molecule has 4 rings (SSSR count). The summed E-state index contributed by atoms with van der Waals surface area (Å²) in [7, 11) is 0. The van der Waals surface area contributed by atoms with Crippen molar-refractivity contribution in [2.75, 3.05) is 11.9 Å². The first kappa shape index (κ1) is 26.7. The van der Waals surface area contributed by atoms with E-state index in [1.165, 1.54) is 35.7 Å². The van der Waals surface area contributed by atoms with Crippen LogP contribution in [0.25, 0.3) is 0 Å². The van der Waals surface area contributed by atoms with Gasteiger partial charge in [-0.2, -0.15) is 0 Å². The van der Waals surface area contributed by atoms with Crippen LogP contribution in [0.1, 0.15) is 30.6 Å². The Balaban J connectivity index is 0.00000324. The number of aliphatic hydroxyl groups is 1. The predicted molar refractivity (Wildman–Crippen MR) is 117 cm³/mol. The van der Waals surface area contributed by atoms with Crippen LogP contribution < -0.4 is 45.3 Å². The number of fused-ring (bicyclic) bond motifs is 1. The van der Waals surface area contributed by atoms with Crippen LogP contribution in [0.4, 0.5) is 5.69 Å². The summed E-state index contributed by atoms with van der Waals surface area (Å²) in [6.45, 7) is 3.80. The number of aliphatic hydroxyl groups excluding tert-OH is 1. The maximum Gasteiger partial charge on any atom is 1.00 e. The van der Waals surface area contributed by atoms with Gasteiger partial charge >= 0.3 is 35.5 Å². The molecule has 3 heterocycles. The molecule has 6 atom stereocenters. The van der Waals surface area contributed by atoms with Gasteiger partial charge in [0.15, 0.2) is 0 Å². The number of hydrogen-bond acceptors (Lipinski definition) is 8. The molecule has 1 aromatic carbocycles. The van der Waals surface area contributed by atoms with Gasteiger partial charge in [-0.1, -0.05) is 13.0 Å². The van der Waals surface area contributed by atoms with Gasteiger partial charge in [-0.25, -0.2) is 4.79 Å². The Hall–Kier alpha value is -1.89. The number of carbonyl (C=O) groups is 4. The van der Waals surface area contributed by atoms with E-state index in [1.54, 1.807) is 12.1 Å². The van der Waals surface area contributed by atoms with E-state index in [0.717, 1.165) is 0 Å². The van der Waals surface area contributed by atoms with Crippen LogP contribution in [-0.2, 0) is 14.4 Å². The summed E-state index contributed by atoms with van der Waals surface area (Å²) in [5, 5.41) is 36.6. The van der Waals surface area contributed by atoms with Crippen molar-refractivity contribution >= 4 is 41.2 Å². The van der Waals surface area contributed by atoms with Crippen molar-refractivity contribution in [2.24, 2.45) is 11.8 Å². The van der Waals surface area contributed by atoms with Gasteiger partial charge in [-0.05, 0) is 31.5 Å². The summed E-state index contributed by atoms with van der Waals surface area (Å²) < 4.78 is 0. The zero-order valence-electron chi connectivity index (χ0n) is 19.0. The third kappa shape index (κ3) is 4.77. The van der Waals surface area contributed by atoms with Gasteiger partial charge in [-0.15, -0.1) is 11.8 Å². The van der Waals surface area contributed by atoms with Gasteiger partial charge in [0, 0.05) is 28.3 Å². The number of benzene rings is 1. The maximum absolute atomic E-state index is 12.7. The predicted octanol–water partition coefficient (Wildman–Crippen LogP) is -3.39. The molecular formula is C22H24N3NaO7S. The van der Waals surface area contributed by atoms with Crippen LogP contribution in [0.3, 0.4) is 0 Å². The number of amides is 2. The second-order valence-electron chi connectivity index (χ2n) is 8.57. The number of carboxylic acid groups (broad SMARTS) is 2. The summed E-state index contributed by atoms with van der Waals surface area (Å²) in [5.74, 6) is -4.17. The van der Waals surface area contributed by atoms with Gasteiger partial charge in [0.2, 0.25) is 11.8 Å². The van der Waals surface area contributed by atoms with Gasteiger partial charge in [-0.3, -0.25) is 9.59 Å². The molecule has 1 aromatic rings. The monoisotopic (exact) mass is 497 g/mol. The van der Waals surface area contributed by atoms with Gasteiger partial charge in [0.1, 0.15) is 0 Å². The molecule has 0 radical (unpaired) electrons. The Labute approximate surface area is 222 Å². The van der Waals surface area contributed by atoms with Gasteiger partial charge in [0.25, 0.3) is 0 Å². The summed E-state index contributed by atoms with van der Waals surface area (Å²) in [6.07, 6.45) is -0.459. The molecule has 12 heteroatoms. The molecule has 10 nitrogen and oxygen atoms in total. The molecule has 2 amide bonds. The first-order valence-corrected chi connectivity index (χ1v) is 11.5. The van der Waals surface area contributed by atoms with E-state index < -0.39 is 42.0 Å². The molecule has 0 aliphatic carbocycles. The Morgan fingerprint density at radius 3 is 2.65 bits per heavy atom. The average Bonchev–Trinajstić information content (AvgIpc) is 3.30. The topological polar surface area (TPSA) is 159 Å². The second kappa shape index (κ2) is 10.4. The Morgan fingerprint density at radius 2 is 2.03 bits per heavy atom. The van der Waals surface area contributed by atoms with Gasteiger partial charge < -0.3 is 35.6 Å². The molecule has 34 heavy (non-hydrogen) atoms. The molecule has 176 valence electrons. The molecule has 0 bridgehead atoms. The van der Waals surface area contributed by atoms with Crippen LogP contribution in [0.2, 0.25) is 0 Å². The SMILES string of the molecule is C[C@@H](O)[C@H]1C(=O)N2C(C(=O)[O-])=C(S[C@@H]3CN[C@H](C(=O)Nc4cccc(C(=O)O)c4)C3)[C@H](C)[C@H]12.[Na+]. The number of β-lactam (4-membered cyclic amide) rings is 1. The van der Waals surface area contributed by atoms with Crippen molar-refractivity contribution in [1.29, 1.82) is 0 Å². The number of aliphatic carboxylic acids is 1. The first-order chi connectivity index (χ1) is 15.6. The molecule has 0 saturated carbocycles. The third-order valence-corrected chi connectivity index (χ3v) is 7.89. The molecule has 0 aromatic heterocycles. The molecule has 0 spiro atoms. The minimum Gasteiger partial charge on any atom is -0.543 e. The number of aromatic carboxylic acids is 1. The molecule has 3 aliphatic heterocycles. The number of carboxylic acids is 2. The molecule has 2 saturated heterocycles. The fourth-order valence-corrected chi connectivity index (χ4v) is 6.28. The number of rotatable bonds is 7. The van der Waals surface area contributed by atoms with E-state index in [0.29, 0.717) is 23.6 Å².